The van der Waals surface area contributed by atoms with Crippen LogP contribution < -0.4 is 0 Å². The average molecular weight is 362 g/mol. The number of aromatic nitrogens is 1. The first-order valence-electron chi connectivity index (χ1n) is 8.25. The van der Waals surface area contributed by atoms with Crippen LogP contribution in [-0.2, 0) is 17.5 Å². The summed E-state index contributed by atoms with van der Waals surface area (Å²) in [6, 6.07) is 11.0. The van der Waals surface area contributed by atoms with Crippen LogP contribution in [0.25, 0.3) is 5.69 Å². The minimum atomic E-state index is -4.41. The molecule has 136 valence electrons. The molecule has 3 heterocycles. The molecule has 1 aliphatic heterocycles. The molecule has 0 amide bonds. The first-order valence-corrected chi connectivity index (χ1v) is 8.25. The molecule has 0 radical (unpaired) electrons. The van der Waals surface area contributed by atoms with E-state index in [4.69, 9.17) is 9.15 Å². The fourth-order valence-electron chi connectivity index (χ4n) is 3.22. The molecule has 1 aromatic carbocycles. The van der Waals surface area contributed by atoms with Crippen LogP contribution in [0, 0.1) is 0 Å². The SMILES string of the molecule is FC(F)(F)c1ccccc1-n1ccc([C@H]2OCCN2Cc2ccco2)c1. The summed E-state index contributed by atoms with van der Waals surface area (Å²) in [5.74, 6) is 0.822. The Morgan fingerprint density at radius 1 is 1.08 bits per heavy atom. The lowest BCUT2D eigenvalue weighted by atomic mass is 10.1. The van der Waals surface area contributed by atoms with Crippen LogP contribution in [-0.4, -0.2) is 22.6 Å². The highest BCUT2D eigenvalue weighted by molar-refractivity contribution is 5.44. The van der Waals surface area contributed by atoms with Gasteiger partial charge in [-0.2, -0.15) is 13.2 Å². The summed E-state index contributed by atoms with van der Waals surface area (Å²) in [5.41, 5.74) is 0.245. The molecule has 0 bridgehead atoms. The third kappa shape index (κ3) is 3.27. The highest BCUT2D eigenvalue weighted by Crippen LogP contribution is 2.35. The zero-order chi connectivity index (χ0) is 18.1. The number of hydrogen-bond acceptors (Lipinski definition) is 3. The molecule has 1 aliphatic rings. The number of furan rings is 1. The Morgan fingerprint density at radius 2 is 1.92 bits per heavy atom. The maximum absolute atomic E-state index is 13.3. The molecule has 0 N–H and O–H groups in total. The molecule has 4 rings (SSSR count). The van der Waals surface area contributed by atoms with Crippen LogP contribution in [0.3, 0.4) is 0 Å². The van der Waals surface area contributed by atoms with Crippen LogP contribution in [0.1, 0.15) is 23.1 Å². The van der Waals surface area contributed by atoms with E-state index in [2.05, 4.69) is 4.90 Å². The second-order valence-corrected chi connectivity index (χ2v) is 6.14. The largest absolute Gasteiger partial charge is 0.468 e. The number of nitrogens with zero attached hydrogens (tertiary/aromatic N) is 2. The first-order chi connectivity index (χ1) is 12.5. The maximum Gasteiger partial charge on any atom is 0.418 e. The van der Waals surface area contributed by atoms with E-state index in [1.165, 1.54) is 16.7 Å². The summed E-state index contributed by atoms with van der Waals surface area (Å²) in [7, 11) is 0. The molecule has 7 heteroatoms. The molecule has 0 aliphatic carbocycles. The van der Waals surface area contributed by atoms with Crippen LogP contribution in [0.2, 0.25) is 0 Å². The lowest BCUT2D eigenvalue weighted by Gasteiger charge is -2.21. The van der Waals surface area contributed by atoms with Gasteiger partial charge >= 0.3 is 6.18 Å². The van der Waals surface area contributed by atoms with Gasteiger partial charge in [0, 0.05) is 24.5 Å². The van der Waals surface area contributed by atoms with Crippen LogP contribution in [0.15, 0.2) is 65.5 Å². The Labute approximate surface area is 148 Å². The standard InChI is InChI=1S/C19H17F3N2O2/c20-19(21,22)16-5-1-2-6-17(16)23-8-7-14(12-23)18-24(9-11-26-18)13-15-4-3-10-25-15/h1-8,10,12,18H,9,11,13H2/t18-/m1/s1. The van der Waals surface area contributed by atoms with E-state index in [-0.39, 0.29) is 11.9 Å². The van der Waals surface area contributed by atoms with Crippen LogP contribution >= 0.6 is 0 Å². The molecular formula is C19H17F3N2O2. The number of hydrogen-bond donors (Lipinski definition) is 0. The fraction of sp³-hybridized carbons (Fsp3) is 0.263. The minimum absolute atomic E-state index is 0.0989. The quantitative estimate of drug-likeness (QED) is 0.678. The number of halogens is 3. The van der Waals surface area contributed by atoms with Gasteiger partial charge in [0.2, 0.25) is 0 Å². The van der Waals surface area contributed by atoms with Crippen LogP contribution in [0.5, 0.6) is 0 Å². The van der Waals surface area contributed by atoms with Gasteiger partial charge in [0.15, 0.2) is 0 Å². The Morgan fingerprint density at radius 3 is 2.69 bits per heavy atom. The van der Waals surface area contributed by atoms with Gasteiger partial charge in [-0.05, 0) is 30.3 Å². The highest BCUT2D eigenvalue weighted by Gasteiger charge is 2.34. The van der Waals surface area contributed by atoms with E-state index >= 15 is 0 Å². The van der Waals surface area contributed by atoms with Gasteiger partial charge < -0.3 is 13.7 Å². The summed E-state index contributed by atoms with van der Waals surface area (Å²) in [6.45, 7) is 1.88. The summed E-state index contributed by atoms with van der Waals surface area (Å²) < 4.78 is 52.4. The second kappa shape index (κ2) is 6.66. The highest BCUT2D eigenvalue weighted by atomic mass is 19.4. The van der Waals surface area contributed by atoms with Crippen molar-refractivity contribution in [2.24, 2.45) is 0 Å². The van der Waals surface area contributed by atoms with Gasteiger partial charge in [-0.3, -0.25) is 4.90 Å². The minimum Gasteiger partial charge on any atom is -0.468 e. The van der Waals surface area contributed by atoms with Crippen molar-refractivity contribution in [3.8, 4) is 5.69 Å². The lowest BCUT2D eigenvalue weighted by molar-refractivity contribution is -0.137. The van der Waals surface area contributed by atoms with E-state index < -0.39 is 11.7 Å². The number of para-hydroxylation sites is 1. The molecule has 0 spiro atoms. The molecule has 0 unspecified atom stereocenters. The summed E-state index contributed by atoms with van der Waals surface area (Å²) >= 11 is 0. The van der Waals surface area contributed by atoms with Crippen molar-refractivity contribution in [3.05, 3.63) is 78.0 Å². The van der Waals surface area contributed by atoms with Crippen molar-refractivity contribution in [3.63, 3.8) is 0 Å². The summed E-state index contributed by atoms with van der Waals surface area (Å²) in [5, 5.41) is 0. The fourth-order valence-corrected chi connectivity index (χ4v) is 3.22. The van der Waals surface area contributed by atoms with E-state index in [0.29, 0.717) is 13.2 Å². The number of alkyl halides is 3. The Kier molecular flexibility index (Phi) is 4.34. The van der Waals surface area contributed by atoms with E-state index in [0.717, 1.165) is 23.9 Å². The third-order valence-corrected chi connectivity index (χ3v) is 4.41. The van der Waals surface area contributed by atoms with Gasteiger partial charge in [0.05, 0.1) is 30.7 Å². The van der Waals surface area contributed by atoms with Gasteiger partial charge in [0.1, 0.15) is 12.0 Å². The molecule has 1 fully saturated rings. The Bertz CT molecular complexity index is 871. The van der Waals surface area contributed by atoms with Crippen molar-refractivity contribution in [1.29, 1.82) is 0 Å². The van der Waals surface area contributed by atoms with Crippen molar-refractivity contribution >= 4 is 0 Å². The van der Waals surface area contributed by atoms with Gasteiger partial charge in [-0.1, -0.05) is 12.1 Å². The van der Waals surface area contributed by atoms with E-state index in [1.807, 2.05) is 12.1 Å². The Balaban J connectivity index is 1.60. The second-order valence-electron chi connectivity index (χ2n) is 6.14. The van der Waals surface area contributed by atoms with Crippen molar-refractivity contribution in [2.75, 3.05) is 13.2 Å². The van der Waals surface area contributed by atoms with Gasteiger partial charge in [-0.25, -0.2) is 0 Å². The predicted octanol–water partition coefficient (Wildman–Crippen LogP) is 4.62. The van der Waals surface area contributed by atoms with Crippen molar-refractivity contribution < 1.29 is 22.3 Å². The Hall–Kier alpha value is -2.51. The van der Waals surface area contributed by atoms with Gasteiger partial charge in [-0.15, -0.1) is 0 Å². The first kappa shape index (κ1) is 16.9. The smallest absolute Gasteiger partial charge is 0.418 e. The lowest BCUT2D eigenvalue weighted by Crippen LogP contribution is -2.23. The zero-order valence-electron chi connectivity index (χ0n) is 13.8. The molecular weight excluding hydrogens is 345 g/mol. The number of rotatable bonds is 4. The third-order valence-electron chi connectivity index (χ3n) is 4.41. The summed E-state index contributed by atoms with van der Waals surface area (Å²) in [4.78, 5) is 2.09. The zero-order valence-corrected chi connectivity index (χ0v) is 13.8. The average Bonchev–Trinajstić information content (AvgIpc) is 3.36. The maximum atomic E-state index is 13.3. The number of ether oxygens (including phenoxy) is 1. The summed E-state index contributed by atoms with van der Waals surface area (Å²) in [6.07, 6.45) is 0.226. The molecule has 0 saturated carbocycles. The molecule has 2 aromatic heterocycles. The topological polar surface area (TPSA) is 30.5 Å². The molecule has 26 heavy (non-hydrogen) atoms. The van der Waals surface area contributed by atoms with E-state index in [9.17, 15) is 13.2 Å². The van der Waals surface area contributed by atoms with Gasteiger partial charge in [0.25, 0.3) is 0 Å². The van der Waals surface area contributed by atoms with Crippen molar-refractivity contribution in [1.82, 2.24) is 9.47 Å². The van der Waals surface area contributed by atoms with Crippen LogP contribution in [0.4, 0.5) is 13.2 Å². The predicted molar refractivity (Wildman–Crippen MR) is 88.6 cm³/mol. The number of benzene rings is 1. The van der Waals surface area contributed by atoms with Crippen molar-refractivity contribution in [2.45, 2.75) is 18.9 Å². The molecule has 4 nitrogen and oxygen atoms in total. The molecule has 3 aromatic rings. The molecule has 1 atom stereocenters. The van der Waals surface area contributed by atoms with E-state index in [1.54, 1.807) is 30.8 Å². The normalized spacial score (nSPS) is 18.5. The molecule has 1 saturated heterocycles. The monoisotopic (exact) mass is 362 g/mol.